The first-order chi connectivity index (χ1) is 16.0. The molecule has 0 saturated carbocycles. The van der Waals surface area contributed by atoms with Gasteiger partial charge in [-0.2, -0.15) is 0 Å². The Bertz CT molecular complexity index is 1100. The maximum absolute atomic E-state index is 12.9. The van der Waals surface area contributed by atoms with Crippen molar-refractivity contribution in [2.24, 2.45) is 0 Å². The fourth-order valence-electron chi connectivity index (χ4n) is 4.19. The van der Waals surface area contributed by atoms with Crippen LogP contribution in [0.2, 0.25) is 0 Å². The van der Waals surface area contributed by atoms with Gasteiger partial charge < -0.3 is 5.32 Å². The highest BCUT2D eigenvalue weighted by molar-refractivity contribution is 8.00. The molecule has 1 aliphatic heterocycles. The van der Waals surface area contributed by atoms with E-state index in [-0.39, 0.29) is 23.1 Å². The quantitative estimate of drug-likeness (QED) is 0.427. The number of nitrogens with zero attached hydrogens (tertiary/aromatic N) is 1. The maximum Gasteiger partial charge on any atom is 0.238 e. The fourth-order valence-corrected chi connectivity index (χ4v) is 5.37. The number of rotatable bonds is 7. The van der Waals surface area contributed by atoms with Crippen LogP contribution in [0.1, 0.15) is 61.1 Å². The van der Waals surface area contributed by atoms with E-state index in [4.69, 9.17) is 0 Å². The van der Waals surface area contributed by atoms with Crippen LogP contribution in [0.15, 0.2) is 78.9 Å². The lowest BCUT2D eigenvalue weighted by molar-refractivity contribution is -0.118. The summed E-state index contributed by atoms with van der Waals surface area (Å²) < 4.78 is 0. The summed E-state index contributed by atoms with van der Waals surface area (Å²) in [5.74, 6) is 0.848. The van der Waals surface area contributed by atoms with E-state index in [9.17, 15) is 9.59 Å². The number of nitrogens with one attached hydrogen (secondary N) is 1. The summed E-state index contributed by atoms with van der Waals surface area (Å²) in [6.07, 6.45) is 0.735. The van der Waals surface area contributed by atoms with Crippen molar-refractivity contribution < 1.29 is 9.59 Å². The second-order valence-corrected chi connectivity index (χ2v) is 9.72. The molecule has 2 unspecified atom stereocenters. The molecule has 0 aromatic heterocycles. The van der Waals surface area contributed by atoms with Gasteiger partial charge in [0.25, 0.3) is 0 Å². The molecule has 2 atom stereocenters. The zero-order chi connectivity index (χ0) is 23.4. The van der Waals surface area contributed by atoms with Crippen LogP contribution in [0.3, 0.4) is 0 Å². The Morgan fingerprint density at radius 1 is 0.970 bits per heavy atom. The molecular weight excluding hydrogens is 428 g/mol. The molecule has 3 aromatic carbocycles. The van der Waals surface area contributed by atoms with Crippen molar-refractivity contribution in [3.8, 4) is 0 Å². The molecule has 1 N–H and O–H groups in total. The zero-order valence-electron chi connectivity index (χ0n) is 19.3. The Morgan fingerprint density at radius 2 is 1.64 bits per heavy atom. The summed E-state index contributed by atoms with van der Waals surface area (Å²) in [5, 5.41) is 2.98. The highest BCUT2D eigenvalue weighted by Crippen LogP contribution is 2.42. The van der Waals surface area contributed by atoms with Crippen LogP contribution in [0.4, 0.5) is 11.4 Å². The number of benzene rings is 3. The predicted molar refractivity (Wildman–Crippen MR) is 138 cm³/mol. The van der Waals surface area contributed by atoms with Crippen LogP contribution in [0, 0.1) is 0 Å². The number of hydrogen-bond donors (Lipinski definition) is 1. The van der Waals surface area contributed by atoms with Gasteiger partial charge in [0.2, 0.25) is 11.8 Å². The first-order valence-electron chi connectivity index (χ1n) is 11.5. The number of thioether (sulfide) groups is 1. The summed E-state index contributed by atoms with van der Waals surface area (Å²) >= 11 is 1.63. The summed E-state index contributed by atoms with van der Waals surface area (Å²) in [5.41, 5.74) is 5.02. The largest absolute Gasteiger partial charge is 0.326 e. The van der Waals surface area contributed by atoms with Crippen LogP contribution in [0.5, 0.6) is 0 Å². The molecular formula is C28H30N2O2S. The molecule has 5 heteroatoms. The molecule has 4 rings (SSSR count). The van der Waals surface area contributed by atoms with Gasteiger partial charge in [0.1, 0.15) is 5.37 Å². The third kappa shape index (κ3) is 5.14. The van der Waals surface area contributed by atoms with Gasteiger partial charge in [-0.3, -0.25) is 14.5 Å². The van der Waals surface area contributed by atoms with Crippen LogP contribution in [-0.4, -0.2) is 17.6 Å². The average Bonchev–Trinajstić information content (AvgIpc) is 3.22. The molecule has 3 aromatic rings. The van der Waals surface area contributed by atoms with E-state index in [1.807, 2.05) is 78.6 Å². The normalized spacial score (nSPS) is 16.8. The van der Waals surface area contributed by atoms with Crippen molar-refractivity contribution in [2.75, 3.05) is 16.0 Å². The van der Waals surface area contributed by atoms with Gasteiger partial charge >= 0.3 is 0 Å². The van der Waals surface area contributed by atoms with Gasteiger partial charge in [-0.25, -0.2) is 0 Å². The van der Waals surface area contributed by atoms with E-state index in [1.54, 1.807) is 11.8 Å². The van der Waals surface area contributed by atoms with Gasteiger partial charge in [-0.05, 0) is 53.3 Å². The molecule has 33 heavy (non-hydrogen) atoms. The molecule has 170 valence electrons. The molecule has 1 saturated heterocycles. The Labute approximate surface area is 200 Å². The molecule has 0 radical (unpaired) electrons. The SMILES string of the molecule is CCC(C(=O)Nc1ccc(C2SCC(=O)N2c2ccc(C(C)C)cc2)cc1)c1ccccc1. The second-order valence-electron chi connectivity index (χ2n) is 8.66. The van der Waals surface area contributed by atoms with Crippen molar-refractivity contribution in [1.29, 1.82) is 0 Å². The van der Waals surface area contributed by atoms with Gasteiger partial charge in [-0.15, -0.1) is 11.8 Å². The third-order valence-electron chi connectivity index (χ3n) is 6.10. The Kier molecular flexibility index (Phi) is 7.19. The lowest BCUT2D eigenvalue weighted by Gasteiger charge is -2.25. The van der Waals surface area contributed by atoms with E-state index in [0.29, 0.717) is 11.7 Å². The summed E-state index contributed by atoms with van der Waals surface area (Å²) in [6.45, 7) is 6.35. The standard InChI is InChI=1S/C28H30N2O2S/c1-4-25(21-8-6-5-7-9-21)27(32)29-23-14-10-22(11-15-23)28-30(26(31)18-33-28)24-16-12-20(13-17-24)19(2)3/h5-17,19,25,28H,4,18H2,1-3H3,(H,29,32). The van der Waals surface area contributed by atoms with Crippen LogP contribution < -0.4 is 10.2 Å². The smallest absolute Gasteiger partial charge is 0.238 e. The summed E-state index contributed by atoms with van der Waals surface area (Å²) in [6, 6.07) is 26.0. The Morgan fingerprint density at radius 3 is 2.24 bits per heavy atom. The van der Waals surface area contributed by atoms with Crippen molar-refractivity contribution >= 4 is 35.0 Å². The van der Waals surface area contributed by atoms with Gasteiger partial charge in [0.15, 0.2) is 0 Å². The first-order valence-corrected chi connectivity index (χ1v) is 12.5. The minimum absolute atomic E-state index is 0.00580. The number of carbonyl (C=O) groups excluding carboxylic acids is 2. The monoisotopic (exact) mass is 458 g/mol. The van der Waals surface area contributed by atoms with Gasteiger partial charge in [-0.1, -0.05) is 75.4 Å². The minimum Gasteiger partial charge on any atom is -0.326 e. The highest BCUT2D eigenvalue weighted by Gasteiger charge is 2.34. The van der Waals surface area contributed by atoms with Crippen molar-refractivity contribution in [1.82, 2.24) is 0 Å². The average molecular weight is 459 g/mol. The van der Waals surface area contributed by atoms with E-state index >= 15 is 0 Å². The lowest BCUT2D eigenvalue weighted by atomic mass is 9.95. The zero-order valence-corrected chi connectivity index (χ0v) is 20.1. The molecule has 1 heterocycles. The predicted octanol–water partition coefficient (Wildman–Crippen LogP) is 6.72. The topological polar surface area (TPSA) is 49.4 Å². The molecule has 0 bridgehead atoms. The molecule has 1 aliphatic rings. The van der Waals surface area contributed by atoms with E-state index in [0.717, 1.165) is 28.9 Å². The van der Waals surface area contributed by atoms with Crippen LogP contribution in [0.25, 0.3) is 0 Å². The van der Waals surface area contributed by atoms with Gasteiger partial charge in [0, 0.05) is 11.4 Å². The molecule has 2 amide bonds. The Balaban J connectivity index is 1.49. The summed E-state index contributed by atoms with van der Waals surface area (Å²) in [7, 11) is 0. The van der Waals surface area contributed by atoms with Crippen molar-refractivity contribution in [2.45, 2.75) is 44.4 Å². The number of anilines is 2. The van der Waals surface area contributed by atoms with E-state index < -0.39 is 0 Å². The molecule has 0 spiro atoms. The van der Waals surface area contributed by atoms with E-state index in [1.165, 1.54) is 5.56 Å². The second kappa shape index (κ2) is 10.3. The van der Waals surface area contributed by atoms with Crippen LogP contribution in [-0.2, 0) is 9.59 Å². The number of hydrogen-bond acceptors (Lipinski definition) is 3. The first kappa shape index (κ1) is 23.1. The number of amides is 2. The number of carbonyl (C=O) groups is 2. The third-order valence-corrected chi connectivity index (χ3v) is 7.31. The summed E-state index contributed by atoms with van der Waals surface area (Å²) in [4.78, 5) is 27.4. The van der Waals surface area contributed by atoms with Crippen molar-refractivity contribution in [3.05, 3.63) is 95.6 Å². The molecule has 4 nitrogen and oxygen atoms in total. The van der Waals surface area contributed by atoms with E-state index in [2.05, 4.69) is 31.3 Å². The Hall–Kier alpha value is -3.05. The highest BCUT2D eigenvalue weighted by atomic mass is 32.2. The lowest BCUT2D eigenvalue weighted by Crippen LogP contribution is -2.27. The van der Waals surface area contributed by atoms with Crippen LogP contribution >= 0.6 is 11.8 Å². The minimum atomic E-state index is -0.182. The fraction of sp³-hybridized carbons (Fsp3) is 0.286. The molecule has 0 aliphatic carbocycles. The molecule has 1 fully saturated rings. The maximum atomic E-state index is 12.9. The van der Waals surface area contributed by atoms with Gasteiger partial charge in [0.05, 0.1) is 11.7 Å². The van der Waals surface area contributed by atoms with Crippen molar-refractivity contribution in [3.63, 3.8) is 0 Å².